The summed E-state index contributed by atoms with van der Waals surface area (Å²) in [5.74, 6) is -0.196. The first-order valence-corrected chi connectivity index (χ1v) is 10.0. The molecule has 0 saturated heterocycles. The summed E-state index contributed by atoms with van der Waals surface area (Å²) in [5, 5.41) is 7.09. The summed E-state index contributed by atoms with van der Waals surface area (Å²) in [6.07, 6.45) is 0. The Morgan fingerprint density at radius 3 is 2.00 bits per heavy atom. The van der Waals surface area contributed by atoms with Crippen molar-refractivity contribution >= 4 is 32.0 Å². The number of anilines is 1. The van der Waals surface area contributed by atoms with E-state index in [1.807, 2.05) is 0 Å². The van der Waals surface area contributed by atoms with Crippen molar-refractivity contribution in [2.75, 3.05) is 19.5 Å². The highest BCUT2D eigenvalue weighted by atomic mass is 32.2. The molecule has 1 aromatic carbocycles. The van der Waals surface area contributed by atoms with Gasteiger partial charge in [0.1, 0.15) is 9.79 Å². The Hall–Kier alpha value is -2.97. The zero-order valence-electron chi connectivity index (χ0n) is 14.0. The number of amides is 2. The van der Waals surface area contributed by atoms with Crippen LogP contribution in [0.4, 0.5) is 10.7 Å². The van der Waals surface area contributed by atoms with E-state index in [4.69, 9.17) is 14.6 Å². The fraction of sp³-hybridized carbons (Fsp3) is 0.154. The number of benzene rings is 1. The van der Waals surface area contributed by atoms with Gasteiger partial charge >= 0.3 is 6.03 Å². The van der Waals surface area contributed by atoms with Gasteiger partial charge in [0.25, 0.3) is 10.0 Å². The summed E-state index contributed by atoms with van der Waals surface area (Å²) in [7, 11) is -6.26. The number of hydrogen-bond acceptors (Lipinski definition) is 9. The number of sulfonamides is 2. The van der Waals surface area contributed by atoms with Crippen molar-refractivity contribution in [3.8, 4) is 11.8 Å². The topological polar surface area (TPSA) is 180 Å². The number of rotatable bonds is 6. The number of nitrogens with one attached hydrogen (secondary N) is 2. The van der Waals surface area contributed by atoms with Crippen molar-refractivity contribution in [3.05, 3.63) is 30.3 Å². The van der Waals surface area contributed by atoms with Crippen LogP contribution in [0.1, 0.15) is 0 Å². The minimum atomic E-state index is -4.56. The highest BCUT2D eigenvalue weighted by Gasteiger charge is 2.26. The van der Waals surface area contributed by atoms with E-state index in [-0.39, 0.29) is 17.7 Å². The summed E-state index contributed by atoms with van der Waals surface area (Å²) in [4.78, 5) is 18.3. The molecule has 1 heterocycles. The van der Waals surface area contributed by atoms with Crippen molar-refractivity contribution < 1.29 is 31.1 Å². The second-order valence-corrected chi connectivity index (χ2v) is 8.01. The van der Waals surface area contributed by atoms with Crippen LogP contribution in [0.5, 0.6) is 11.8 Å². The molecule has 12 nitrogen and oxygen atoms in total. The summed E-state index contributed by atoms with van der Waals surface area (Å²) < 4.78 is 59.3. The first kappa shape index (κ1) is 20.3. The Morgan fingerprint density at radius 2 is 1.52 bits per heavy atom. The lowest BCUT2D eigenvalue weighted by atomic mass is 10.4. The van der Waals surface area contributed by atoms with Crippen LogP contribution in [0.25, 0.3) is 0 Å². The smallest absolute Gasteiger partial charge is 0.335 e. The monoisotopic (exact) mass is 417 g/mol. The number of carbonyl (C=O) groups is 1. The minimum Gasteiger partial charge on any atom is -0.481 e. The van der Waals surface area contributed by atoms with E-state index in [2.05, 4.69) is 15.3 Å². The lowest BCUT2D eigenvalue weighted by Crippen LogP contribution is -2.35. The lowest BCUT2D eigenvalue weighted by Gasteiger charge is -2.11. The van der Waals surface area contributed by atoms with Crippen LogP contribution in [-0.2, 0) is 20.0 Å². The maximum atomic E-state index is 12.4. The molecule has 0 bridgehead atoms. The third-order valence-electron chi connectivity index (χ3n) is 3.00. The largest absolute Gasteiger partial charge is 0.481 e. The predicted molar refractivity (Wildman–Crippen MR) is 92.3 cm³/mol. The van der Waals surface area contributed by atoms with Gasteiger partial charge in [-0.25, -0.2) is 31.5 Å². The highest BCUT2D eigenvalue weighted by molar-refractivity contribution is 7.92. The van der Waals surface area contributed by atoms with Gasteiger partial charge in [-0.2, -0.15) is 9.97 Å². The number of carbonyl (C=O) groups excluding carboxylic acids is 1. The number of primary sulfonamides is 1. The van der Waals surface area contributed by atoms with E-state index < -0.39 is 35.9 Å². The molecular weight excluding hydrogens is 402 g/mol. The van der Waals surface area contributed by atoms with Crippen LogP contribution in [0.2, 0.25) is 0 Å². The molecule has 27 heavy (non-hydrogen) atoms. The summed E-state index contributed by atoms with van der Waals surface area (Å²) in [6, 6.07) is 4.64. The fourth-order valence-corrected chi connectivity index (χ4v) is 4.17. The molecule has 2 amide bonds. The van der Waals surface area contributed by atoms with Gasteiger partial charge in [0.2, 0.25) is 27.7 Å². The Bertz CT molecular complexity index is 1050. The standard InChI is InChI=1S/C13H15N5O7S2/c1-24-10-7-11(25-2)16-12(15-10)17-13(19)18-27(22,23)9-6-4-3-5-8(9)26(14,20)21/h3-7H,1-2H3,(H2,14,20,21)(H2,15,16,17,18,19). The molecule has 0 spiro atoms. The molecule has 0 aliphatic carbocycles. The normalized spacial score (nSPS) is 11.5. The Balaban J connectivity index is 2.29. The molecule has 146 valence electrons. The SMILES string of the molecule is COc1cc(OC)nc(NC(=O)NS(=O)(=O)c2ccccc2S(N)(=O)=O)n1. The first-order chi connectivity index (χ1) is 12.6. The second-order valence-electron chi connectivity index (χ2n) is 4.83. The molecule has 0 saturated carbocycles. The average molecular weight is 417 g/mol. The third-order valence-corrected chi connectivity index (χ3v) is 5.48. The average Bonchev–Trinajstić information content (AvgIpc) is 2.60. The van der Waals surface area contributed by atoms with Gasteiger partial charge < -0.3 is 9.47 Å². The zero-order chi connectivity index (χ0) is 20.2. The molecule has 14 heteroatoms. The van der Waals surface area contributed by atoms with E-state index in [1.165, 1.54) is 32.4 Å². The van der Waals surface area contributed by atoms with Crippen molar-refractivity contribution in [2.45, 2.75) is 9.79 Å². The fourth-order valence-electron chi connectivity index (χ4n) is 1.88. The van der Waals surface area contributed by atoms with Crippen LogP contribution in [-0.4, -0.2) is 47.1 Å². The van der Waals surface area contributed by atoms with Crippen LogP contribution >= 0.6 is 0 Å². The van der Waals surface area contributed by atoms with E-state index in [0.29, 0.717) is 0 Å². The molecule has 2 aromatic rings. The minimum absolute atomic E-state index is 0.0552. The maximum absolute atomic E-state index is 12.4. The van der Waals surface area contributed by atoms with Crippen molar-refractivity contribution in [1.29, 1.82) is 0 Å². The highest BCUT2D eigenvalue weighted by Crippen LogP contribution is 2.20. The first-order valence-electron chi connectivity index (χ1n) is 6.99. The molecular formula is C13H15N5O7S2. The lowest BCUT2D eigenvalue weighted by molar-refractivity contribution is 0.256. The maximum Gasteiger partial charge on any atom is 0.335 e. The van der Waals surface area contributed by atoms with Gasteiger partial charge in [0, 0.05) is 0 Å². The van der Waals surface area contributed by atoms with Gasteiger partial charge in [0.05, 0.1) is 20.3 Å². The molecule has 0 atom stereocenters. The molecule has 0 radical (unpaired) electrons. The molecule has 2 rings (SSSR count). The van der Waals surface area contributed by atoms with Crippen molar-refractivity contribution in [1.82, 2.24) is 14.7 Å². The van der Waals surface area contributed by atoms with Crippen molar-refractivity contribution in [3.63, 3.8) is 0 Å². The molecule has 1 aromatic heterocycles. The van der Waals surface area contributed by atoms with Crippen LogP contribution in [0, 0.1) is 0 Å². The molecule has 0 fully saturated rings. The van der Waals surface area contributed by atoms with Gasteiger partial charge in [-0.05, 0) is 12.1 Å². The number of nitrogens with zero attached hydrogens (tertiary/aromatic N) is 2. The van der Waals surface area contributed by atoms with E-state index >= 15 is 0 Å². The Morgan fingerprint density at radius 1 is 1.00 bits per heavy atom. The predicted octanol–water partition coefficient (Wildman–Crippen LogP) is -0.348. The molecule has 0 unspecified atom stereocenters. The van der Waals surface area contributed by atoms with Gasteiger partial charge in [-0.15, -0.1) is 0 Å². The number of aromatic nitrogens is 2. The van der Waals surface area contributed by atoms with Crippen molar-refractivity contribution in [2.24, 2.45) is 5.14 Å². The van der Waals surface area contributed by atoms with E-state index in [1.54, 1.807) is 4.72 Å². The Labute approximate surface area is 154 Å². The Kier molecular flexibility index (Phi) is 5.82. The van der Waals surface area contributed by atoms with Crippen LogP contribution < -0.4 is 24.7 Å². The van der Waals surface area contributed by atoms with Crippen LogP contribution in [0.3, 0.4) is 0 Å². The summed E-state index contributed by atoms with van der Waals surface area (Å²) in [5.41, 5.74) is 0. The number of ether oxygens (including phenoxy) is 2. The van der Waals surface area contributed by atoms with Crippen LogP contribution in [0.15, 0.2) is 40.1 Å². The number of hydrogen-bond donors (Lipinski definition) is 3. The quantitative estimate of drug-likeness (QED) is 0.566. The second kappa shape index (κ2) is 7.73. The summed E-state index contributed by atoms with van der Waals surface area (Å²) >= 11 is 0. The number of nitrogens with two attached hydrogens (primary N) is 1. The van der Waals surface area contributed by atoms with Gasteiger partial charge in [0.15, 0.2) is 0 Å². The molecule has 0 aliphatic rings. The molecule has 0 aliphatic heterocycles. The zero-order valence-corrected chi connectivity index (χ0v) is 15.7. The summed E-state index contributed by atoms with van der Waals surface area (Å²) in [6.45, 7) is 0. The van der Waals surface area contributed by atoms with E-state index in [9.17, 15) is 21.6 Å². The number of methoxy groups -OCH3 is 2. The number of urea groups is 1. The third kappa shape index (κ3) is 5.02. The van der Waals surface area contributed by atoms with Gasteiger partial charge in [-0.1, -0.05) is 12.1 Å². The van der Waals surface area contributed by atoms with E-state index in [0.717, 1.165) is 12.1 Å². The molecule has 4 N–H and O–H groups in total. The van der Waals surface area contributed by atoms with Gasteiger partial charge in [-0.3, -0.25) is 5.32 Å².